The molecule has 1 rings (SSSR count). The predicted molar refractivity (Wildman–Crippen MR) is 65.2 cm³/mol. The Hall–Kier alpha value is -1.48. The zero-order chi connectivity index (χ0) is 11.3. The summed E-state index contributed by atoms with van der Waals surface area (Å²) in [5, 5.41) is 6.17. The summed E-state index contributed by atoms with van der Waals surface area (Å²) in [7, 11) is 0. The van der Waals surface area contributed by atoms with E-state index in [1.165, 1.54) is 0 Å². The van der Waals surface area contributed by atoms with Crippen LogP contribution < -0.4 is 10.6 Å². The number of benzene rings is 1. The van der Waals surface area contributed by atoms with Crippen molar-refractivity contribution >= 4 is 34.4 Å². The fraction of sp³-hybridized carbons (Fsp3) is 0.182. The Labute approximate surface area is 94.1 Å². The summed E-state index contributed by atoms with van der Waals surface area (Å²) < 4.78 is 0. The Morgan fingerprint density at radius 1 is 1.60 bits per heavy atom. The van der Waals surface area contributed by atoms with Gasteiger partial charge >= 0.3 is 0 Å². The first kappa shape index (κ1) is 11.6. The number of hydrogen-bond donors (Lipinski definition) is 2. The van der Waals surface area contributed by atoms with E-state index >= 15 is 0 Å². The van der Waals surface area contributed by atoms with Crippen molar-refractivity contribution in [1.82, 2.24) is 0 Å². The van der Waals surface area contributed by atoms with E-state index in [4.69, 9.17) is 11.6 Å². The highest BCUT2D eigenvalue weighted by atomic mass is 35.5. The number of carbonyl (C=O) groups is 1. The molecule has 80 valence electrons. The summed E-state index contributed by atoms with van der Waals surface area (Å²) in [5.41, 5.74) is 2.41. The zero-order valence-corrected chi connectivity index (χ0v) is 9.27. The molecule has 0 unspecified atom stereocenters. The first-order valence-corrected chi connectivity index (χ1v) is 4.99. The zero-order valence-electron chi connectivity index (χ0n) is 8.51. The molecule has 0 saturated heterocycles. The molecule has 1 amide bonds. The van der Waals surface area contributed by atoms with Gasteiger partial charge in [0.05, 0.1) is 0 Å². The molecule has 0 atom stereocenters. The highest BCUT2D eigenvalue weighted by molar-refractivity contribution is 6.48. The molecule has 0 aliphatic carbocycles. The molecule has 0 fully saturated rings. The van der Waals surface area contributed by atoms with Gasteiger partial charge in [-0.25, -0.2) is 0 Å². The third kappa shape index (κ3) is 2.99. The van der Waals surface area contributed by atoms with Gasteiger partial charge in [-0.05, 0) is 25.1 Å². The molecule has 0 aliphatic heterocycles. The van der Waals surface area contributed by atoms with Crippen LogP contribution in [0, 0.1) is 0 Å². The molecule has 4 heteroatoms. The average molecular weight is 225 g/mol. The van der Waals surface area contributed by atoms with Gasteiger partial charge in [-0.3, -0.25) is 4.79 Å². The van der Waals surface area contributed by atoms with Crippen LogP contribution in [0.3, 0.4) is 0 Å². The lowest BCUT2D eigenvalue weighted by Crippen LogP contribution is -2.01. The largest absolute Gasteiger partial charge is 0.385 e. The van der Waals surface area contributed by atoms with Crippen molar-refractivity contribution in [3.63, 3.8) is 0 Å². The summed E-state index contributed by atoms with van der Waals surface area (Å²) in [5.74, 6) is 0. The van der Waals surface area contributed by atoms with Crippen LogP contribution in [-0.4, -0.2) is 13.0 Å². The van der Waals surface area contributed by atoms with Gasteiger partial charge in [0.1, 0.15) is 0 Å². The van der Waals surface area contributed by atoms with Crippen molar-refractivity contribution in [3.05, 3.63) is 30.3 Å². The van der Waals surface area contributed by atoms with E-state index in [-0.39, 0.29) is 0 Å². The average Bonchev–Trinajstić information content (AvgIpc) is 2.21. The highest BCUT2D eigenvalue weighted by Gasteiger charge is 2.04. The van der Waals surface area contributed by atoms with Crippen LogP contribution in [0.1, 0.15) is 12.5 Å². The van der Waals surface area contributed by atoms with Crippen LogP contribution in [0.4, 0.5) is 11.4 Å². The van der Waals surface area contributed by atoms with Gasteiger partial charge in [0, 0.05) is 28.5 Å². The van der Waals surface area contributed by atoms with Crippen LogP contribution in [-0.2, 0) is 4.79 Å². The molecule has 1 aromatic carbocycles. The van der Waals surface area contributed by atoms with Crippen LogP contribution in [0.2, 0.25) is 0 Å². The number of hydrogen-bond acceptors (Lipinski definition) is 2. The molecule has 1 aromatic rings. The number of rotatable bonds is 5. The molecule has 0 radical (unpaired) electrons. The topological polar surface area (TPSA) is 41.1 Å². The lowest BCUT2D eigenvalue weighted by atomic mass is 10.1. The molecule has 15 heavy (non-hydrogen) atoms. The molecule has 0 bridgehead atoms. The third-order valence-corrected chi connectivity index (χ3v) is 2.11. The van der Waals surface area contributed by atoms with Crippen molar-refractivity contribution in [3.8, 4) is 0 Å². The second kappa shape index (κ2) is 5.41. The van der Waals surface area contributed by atoms with Gasteiger partial charge in [0.25, 0.3) is 0 Å². The van der Waals surface area contributed by atoms with E-state index in [9.17, 15) is 4.79 Å². The SMILES string of the molecule is C=C(Cl)c1cc(NC=O)ccc1NCC. The number of halogens is 1. The molecule has 0 saturated carbocycles. The minimum absolute atomic E-state index is 0.445. The normalized spacial score (nSPS) is 9.47. The Morgan fingerprint density at radius 3 is 2.87 bits per heavy atom. The van der Waals surface area contributed by atoms with Crippen molar-refractivity contribution in [2.24, 2.45) is 0 Å². The molecule has 0 heterocycles. The standard InChI is InChI=1S/C11H13ClN2O/c1-3-13-11-5-4-9(14-7-15)6-10(11)8(2)12/h4-7,13H,2-3H2,1H3,(H,14,15). The van der Waals surface area contributed by atoms with Crippen molar-refractivity contribution in [2.45, 2.75) is 6.92 Å². The maximum atomic E-state index is 10.3. The van der Waals surface area contributed by atoms with Gasteiger partial charge in [-0.2, -0.15) is 0 Å². The maximum Gasteiger partial charge on any atom is 0.211 e. The summed E-state index contributed by atoms with van der Waals surface area (Å²) in [6, 6.07) is 5.44. The Bertz CT molecular complexity index is 377. The maximum absolute atomic E-state index is 10.3. The quantitative estimate of drug-likeness (QED) is 0.756. The second-order valence-electron chi connectivity index (χ2n) is 2.96. The Kier molecular flexibility index (Phi) is 4.18. The number of nitrogens with one attached hydrogen (secondary N) is 2. The lowest BCUT2D eigenvalue weighted by Gasteiger charge is -2.11. The Balaban J connectivity index is 3.08. The van der Waals surface area contributed by atoms with Crippen molar-refractivity contribution in [2.75, 3.05) is 17.2 Å². The summed E-state index contributed by atoms with van der Waals surface area (Å²) in [6.45, 7) is 6.48. The number of carbonyl (C=O) groups excluding carboxylic acids is 1. The monoisotopic (exact) mass is 224 g/mol. The minimum Gasteiger partial charge on any atom is -0.385 e. The van der Waals surface area contributed by atoms with Crippen LogP contribution in [0.15, 0.2) is 24.8 Å². The molecule has 3 nitrogen and oxygen atoms in total. The van der Waals surface area contributed by atoms with E-state index in [2.05, 4.69) is 17.2 Å². The predicted octanol–water partition coefficient (Wildman–Crippen LogP) is 2.90. The summed E-state index contributed by atoms with van der Waals surface area (Å²) in [4.78, 5) is 10.3. The first-order valence-electron chi connectivity index (χ1n) is 4.62. The van der Waals surface area contributed by atoms with E-state index < -0.39 is 0 Å². The lowest BCUT2D eigenvalue weighted by molar-refractivity contribution is -0.105. The van der Waals surface area contributed by atoms with E-state index in [0.717, 1.165) is 17.8 Å². The van der Waals surface area contributed by atoms with Gasteiger partial charge in [0.2, 0.25) is 6.41 Å². The molecular weight excluding hydrogens is 212 g/mol. The van der Waals surface area contributed by atoms with Crippen LogP contribution in [0.25, 0.3) is 5.03 Å². The van der Waals surface area contributed by atoms with E-state index in [1.54, 1.807) is 12.1 Å². The minimum atomic E-state index is 0.445. The fourth-order valence-corrected chi connectivity index (χ4v) is 1.43. The van der Waals surface area contributed by atoms with Gasteiger partial charge in [-0.1, -0.05) is 18.2 Å². The van der Waals surface area contributed by atoms with Gasteiger partial charge in [0.15, 0.2) is 0 Å². The highest BCUT2D eigenvalue weighted by Crippen LogP contribution is 2.28. The molecule has 0 aromatic heterocycles. The van der Waals surface area contributed by atoms with Crippen LogP contribution >= 0.6 is 11.6 Å². The van der Waals surface area contributed by atoms with Crippen LogP contribution in [0.5, 0.6) is 0 Å². The van der Waals surface area contributed by atoms with Gasteiger partial charge < -0.3 is 10.6 Å². The smallest absolute Gasteiger partial charge is 0.211 e. The number of anilines is 2. The molecule has 0 aliphatic rings. The molecular formula is C11H13ClN2O. The summed E-state index contributed by atoms with van der Waals surface area (Å²) >= 11 is 5.87. The first-order chi connectivity index (χ1) is 7.19. The van der Waals surface area contributed by atoms with Crippen molar-refractivity contribution < 1.29 is 4.79 Å². The summed E-state index contributed by atoms with van der Waals surface area (Å²) in [6.07, 6.45) is 0.628. The van der Waals surface area contributed by atoms with E-state index in [0.29, 0.717) is 17.1 Å². The van der Waals surface area contributed by atoms with Gasteiger partial charge in [-0.15, -0.1) is 0 Å². The number of amides is 1. The fourth-order valence-electron chi connectivity index (χ4n) is 1.27. The third-order valence-electron chi connectivity index (χ3n) is 1.90. The van der Waals surface area contributed by atoms with E-state index in [1.807, 2.05) is 13.0 Å². The second-order valence-corrected chi connectivity index (χ2v) is 3.41. The molecule has 2 N–H and O–H groups in total. The Morgan fingerprint density at radius 2 is 2.33 bits per heavy atom. The van der Waals surface area contributed by atoms with Crippen molar-refractivity contribution in [1.29, 1.82) is 0 Å². The molecule has 0 spiro atoms.